The summed E-state index contributed by atoms with van der Waals surface area (Å²) in [5.41, 5.74) is 0.0786. The van der Waals surface area contributed by atoms with Gasteiger partial charge in [0, 0.05) is 13.1 Å². The normalized spacial score (nSPS) is 16.1. The van der Waals surface area contributed by atoms with Crippen molar-refractivity contribution in [3.63, 3.8) is 0 Å². The Morgan fingerprint density at radius 1 is 1.40 bits per heavy atom. The summed E-state index contributed by atoms with van der Waals surface area (Å²) in [5, 5.41) is 8.53. The number of likely N-dealkylation sites (tertiary alicyclic amines) is 1. The van der Waals surface area contributed by atoms with E-state index in [2.05, 4.69) is 4.98 Å². The van der Waals surface area contributed by atoms with Gasteiger partial charge in [-0.05, 0) is 25.0 Å². The lowest BCUT2D eigenvalue weighted by Crippen LogP contribution is -2.41. The minimum absolute atomic E-state index is 0.0786. The first-order chi connectivity index (χ1) is 9.56. The smallest absolute Gasteiger partial charge is 0.329 e. The lowest BCUT2D eigenvalue weighted by Gasteiger charge is -2.31. The SMILES string of the molecule is O=C(O)COC1CCN(C(=O)c2cccc(F)n2)CC1. The largest absolute Gasteiger partial charge is 0.480 e. The van der Waals surface area contributed by atoms with E-state index < -0.39 is 11.9 Å². The highest BCUT2D eigenvalue weighted by Crippen LogP contribution is 2.15. The number of rotatable bonds is 4. The number of hydrogen-bond donors (Lipinski definition) is 1. The molecule has 0 aliphatic carbocycles. The molecule has 1 amide bonds. The maximum Gasteiger partial charge on any atom is 0.329 e. The van der Waals surface area contributed by atoms with Gasteiger partial charge in [0.25, 0.3) is 5.91 Å². The number of carbonyl (C=O) groups excluding carboxylic acids is 1. The zero-order chi connectivity index (χ0) is 14.5. The third kappa shape index (κ3) is 3.74. The van der Waals surface area contributed by atoms with Gasteiger partial charge < -0.3 is 14.7 Å². The fourth-order valence-electron chi connectivity index (χ4n) is 2.10. The molecule has 0 bridgehead atoms. The first-order valence-electron chi connectivity index (χ1n) is 6.31. The van der Waals surface area contributed by atoms with Crippen LogP contribution in [0, 0.1) is 5.95 Å². The van der Waals surface area contributed by atoms with Crippen LogP contribution in [-0.2, 0) is 9.53 Å². The zero-order valence-corrected chi connectivity index (χ0v) is 10.8. The van der Waals surface area contributed by atoms with E-state index in [9.17, 15) is 14.0 Å². The van der Waals surface area contributed by atoms with Crippen molar-refractivity contribution in [2.75, 3.05) is 19.7 Å². The van der Waals surface area contributed by atoms with Crippen LogP contribution in [0.1, 0.15) is 23.3 Å². The van der Waals surface area contributed by atoms with Crippen molar-refractivity contribution in [1.82, 2.24) is 9.88 Å². The van der Waals surface area contributed by atoms with Gasteiger partial charge in [0.1, 0.15) is 12.3 Å². The van der Waals surface area contributed by atoms with Crippen LogP contribution in [0.3, 0.4) is 0 Å². The van der Waals surface area contributed by atoms with Crippen molar-refractivity contribution in [2.45, 2.75) is 18.9 Å². The van der Waals surface area contributed by atoms with Crippen LogP contribution in [0.5, 0.6) is 0 Å². The van der Waals surface area contributed by atoms with Gasteiger partial charge in [0.2, 0.25) is 5.95 Å². The number of carboxylic acids is 1. The molecule has 1 aliphatic rings. The van der Waals surface area contributed by atoms with Gasteiger partial charge in [-0.1, -0.05) is 6.07 Å². The molecule has 1 aliphatic heterocycles. The number of halogens is 1. The van der Waals surface area contributed by atoms with E-state index in [1.165, 1.54) is 18.2 Å². The monoisotopic (exact) mass is 282 g/mol. The van der Waals surface area contributed by atoms with Crippen molar-refractivity contribution >= 4 is 11.9 Å². The summed E-state index contributed by atoms with van der Waals surface area (Å²) in [4.78, 5) is 27.6. The summed E-state index contributed by atoms with van der Waals surface area (Å²) < 4.78 is 18.2. The molecule has 0 aromatic carbocycles. The molecule has 0 saturated carbocycles. The molecular formula is C13H15FN2O4. The van der Waals surface area contributed by atoms with Crippen LogP contribution in [0.25, 0.3) is 0 Å². The molecule has 6 nitrogen and oxygen atoms in total. The average molecular weight is 282 g/mol. The number of piperidine rings is 1. The summed E-state index contributed by atoms with van der Waals surface area (Å²) in [6.07, 6.45) is 0.971. The number of nitrogens with zero attached hydrogens (tertiary/aromatic N) is 2. The molecule has 1 saturated heterocycles. The highest BCUT2D eigenvalue weighted by atomic mass is 19.1. The standard InChI is InChI=1S/C13H15FN2O4/c14-11-3-1-2-10(15-11)13(19)16-6-4-9(5-7-16)20-8-12(17)18/h1-3,9H,4-8H2,(H,17,18). The third-order valence-electron chi connectivity index (χ3n) is 3.11. The van der Waals surface area contributed by atoms with Gasteiger partial charge in [0.15, 0.2) is 0 Å². The molecule has 1 N–H and O–H groups in total. The Bertz CT molecular complexity index is 501. The van der Waals surface area contributed by atoms with E-state index in [-0.39, 0.29) is 24.3 Å². The van der Waals surface area contributed by atoms with E-state index in [0.29, 0.717) is 25.9 Å². The van der Waals surface area contributed by atoms with Gasteiger partial charge in [-0.15, -0.1) is 0 Å². The van der Waals surface area contributed by atoms with Crippen molar-refractivity contribution in [3.8, 4) is 0 Å². The molecule has 20 heavy (non-hydrogen) atoms. The maximum atomic E-state index is 13.0. The van der Waals surface area contributed by atoms with Crippen molar-refractivity contribution in [3.05, 3.63) is 29.8 Å². The Morgan fingerprint density at radius 3 is 2.70 bits per heavy atom. The number of pyridine rings is 1. The van der Waals surface area contributed by atoms with E-state index in [4.69, 9.17) is 9.84 Å². The fourth-order valence-corrected chi connectivity index (χ4v) is 2.10. The van der Waals surface area contributed by atoms with Gasteiger partial charge in [-0.25, -0.2) is 9.78 Å². The van der Waals surface area contributed by atoms with E-state index in [1.807, 2.05) is 0 Å². The molecule has 1 aromatic rings. The van der Waals surface area contributed by atoms with E-state index >= 15 is 0 Å². The minimum Gasteiger partial charge on any atom is -0.480 e. The molecule has 0 atom stereocenters. The van der Waals surface area contributed by atoms with Crippen LogP contribution < -0.4 is 0 Å². The Hall–Kier alpha value is -2.02. The highest BCUT2D eigenvalue weighted by molar-refractivity contribution is 5.92. The van der Waals surface area contributed by atoms with Crippen LogP contribution in [-0.4, -0.2) is 52.7 Å². The minimum atomic E-state index is -1.01. The van der Waals surface area contributed by atoms with E-state index in [0.717, 1.165) is 0 Å². The molecule has 0 radical (unpaired) electrons. The van der Waals surface area contributed by atoms with Crippen LogP contribution in [0.15, 0.2) is 18.2 Å². The summed E-state index contributed by atoms with van der Waals surface area (Å²) >= 11 is 0. The number of amides is 1. The molecule has 0 spiro atoms. The number of ether oxygens (including phenoxy) is 1. The van der Waals surface area contributed by atoms with Crippen molar-refractivity contribution in [1.29, 1.82) is 0 Å². The highest BCUT2D eigenvalue weighted by Gasteiger charge is 2.25. The van der Waals surface area contributed by atoms with Crippen LogP contribution in [0.4, 0.5) is 4.39 Å². The first-order valence-corrected chi connectivity index (χ1v) is 6.31. The molecular weight excluding hydrogens is 267 g/mol. The van der Waals surface area contributed by atoms with Gasteiger partial charge in [0.05, 0.1) is 6.10 Å². The molecule has 1 fully saturated rings. The number of aliphatic carboxylic acids is 1. The number of hydrogen-bond acceptors (Lipinski definition) is 4. The second kappa shape index (κ2) is 6.42. The molecule has 1 aromatic heterocycles. The Balaban J connectivity index is 1.87. The van der Waals surface area contributed by atoms with Crippen molar-refractivity contribution in [2.24, 2.45) is 0 Å². The zero-order valence-electron chi connectivity index (χ0n) is 10.8. The summed E-state index contributed by atoms with van der Waals surface area (Å²) in [7, 11) is 0. The Kier molecular flexibility index (Phi) is 4.62. The molecule has 108 valence electrons. The van der Waals surface area contributed by atoms with Crippen LogP contribution >= 0.6 is 0 Å². The lowest BCUT2D eigenvalue weighted by atomic mass is 10.1. The predicted octanol–water partition coefficient (Wildman–Crippen LogP) is 0.926. The predicted molar refractivity (Wildman–Crippen MR) is 66.7 cm³/mol. The van der Waals surface area contributed by atoms with Crippen LogP contribution in [0.2, 0.25) is 0 Å². The molecule has 7 heteroatoms. The third-order valence-corrected chi connectivity index (χ3v) is 3.11. The second-order valence-electron chi connectivity index (χ2n) is 4.54. The quantitative estimate of drug-likeness (QED) is 0.831. The molecule has 2 heterocycles. The summed E-state index contributed by atoms with van der Waals surface area (Å²) in [5.74, 6) is -2.01. The Labute approximate surface area is 115 Å². The second-order valence-corrected chi connectivity index (χ2v) is 4.54. The topological polar surface area (TPSA) is 79.7 Å². The lowest BCUT2D eigenvalue weighted by molar-refractivity contribution is -0.145. The van der Waals surface area contributed by atoms with Gasteiger partial charge in [-0.3, -0.25) is 4.79 Å². The fraction of sp³-hybridized carbons (Fsp3) is 0.462. The molecule has 0 unspecified atom stereocenters. The number of aromatic nitrogens is 1. The van der Waals surface area contributed by atoms with E-state index in [1.54, 1.807) is 4.90 Å². The number of carboxylic acid groups (broad SMARTS) is 1. The first kappa shape index (κ1) is 14.4. The maximum absolute atomic E-state index is 13.0. The molecule has 2 rings (SSSR count). The summed E-state index contributed by atoms with van der Waals surface area (Å²) in [6, 6.07) is 4.10. The van der Waals surface area contributed by atoms with Gasteiger partial charge in [-0.2, -0.15) is 4.39 Å². The average Bonchev–Trinajstić information content (AvgIpc) is 2.45. The number of carbonyl (C=O) groups is 2. The van der Waals surface area contributed by atoms with Gasteiger partial charge >= 0.3 is 5.97 Å². The summed E-state index contributed by atoms with van der Waals surface area (Å²) in [6.45, 7) is 0.562. The van der Waals surface area contributed by atoms with Crippen molar-refractivity contribution < 1.29 is 23.8 Å². The Morgan fingerprint density at radius 2 is 2.10 bits per heavy atom.